The van der Waals surface area contributed by atoms with E-state index in [4.69, 9.17) is 13.6 Å². The van der Waals surface area contributed by atoms with E-state index in [0.717, 1.165) is 31.7 Å². The van der Waals surface area contributed by atoms with Gasteiger partial charge in [-0.1, -0.05) is 46.2 Å². The molecule has 0 aromatic heterocycles. The summed E-state index contributed by atoms with van der Waals surface area (Å²) >= 11 is 0. The minimum atomic E-state index is -1.98. The van der Waals surface area contributed by atoms with Crippen LogP contribution in [0.2, 0.25) is 51.4 Å². The van der Waals surface area contributed by atoms with Gasteiger partial charge in [-0.3, -0.25) is 0 Å². The summed E-state index contributed by atoms with van der Waals surface area (Å²) in [6.07, 6.45) is 1.12. The van der Waals surface area contributed by atoms with Crippen LogP contribution in [0.4, 0.5) is 0 Å². The predicted octanol–water partition coefficient (Wildman–Crippen LogP) is 4.12. The molecule has 0 fully saturated rings. The first-order valence-electron chi connectivity index (χ1n) is 8.48. The molecular weight excluding hydrogens is 326 g/mol. The van der Waals surface area contributed by atoms with Crippen molar-refractivity contribution in [2.24, 2.45) is 0 Å². The van der Waals surface area contributed by atoms with E-state index in [1.807, 2.05) is 0 Å². The highest BCUT2D eigenvalue weighted by molar-refractivity contribution is 6.89. The highest BCUT2D eigenvalue weighted by Crippen LogP contribution is 2.20. The van der Waals surface area contributed by atoms with E-state index in [0.29, 0.717) is 0 Å². The van der Waals surface area contributed by atoms with Crippen LogP contribution in [0.15, 0.2) is 0 Å². The maximum atomic E-state index is 5.85. The van der Waals surface area contributed by atoms with Crippen LogP contribution in [0.3, 0.4) is 0 Å². The lowest BCUT2D eigenvalue weighted by molar-refractivity contribution is 0.131. The van der Waals surface area contributed by atoms with E-state index in [-0.39, 0.29) is 0 Å². The summed E-state index contributed by atoms with van der Waals surface area (Å²) in [5, 5.41) is 0. The Labute approximate surface area is 141 Å². The summed E-state index contributed by atoms with van der Waals surface area (Å²) in [5.74, 6) is 0. The van der Waals surface area contributed by atoms with E-state index in [2.05, 4.69) is 50.4 Å². The van der Waals surface area contributed by atoms with Crippen molar-refractivity contribution in [3.05, 3.63) is 0 Å². The van der Waals surface area contributed by atoms with Gasteiger partial charge in [0.2, 0.25) is 0 Å². The quantitative estimate of drug-likeness (QED) is 0.384. The van der Waals surface area contributed by atoms with Gasteiger partial charge in [0, 0.05) is 33.5 Å². The molecule has 0 saturated heterocycles. The molecule has 0 heterocycles. The minimum Gasteiger partial charge on any atom is -0.398 e. The molecule has 0 aliphatic heterocycles. The van der Waals surface area contributed by atoms with Gasteiger partial charge < -0.3 is 17.8 Å². The van der Waals surface area contributed by atoms with Gasteiger partial charge in [-0.05, 0) is 19.0 Å². The molecule has 0 unspecified atom stereocenters. The standard InChI is InChI=1S/C15H39NO3Si3/c1-10-22(17-2,18-3)15-14-19-13-11-12-16(20(4,5)6)21(7,8)9/h10-15H2,1-9H3. The Morgan fingerprint density at radius 1 is 0.818 bits per heavy atom. The highest BCUT2D eigenvalue weighted by Gasteiger charge is 2.34. The lowest BCUT2D eigenvalue weighted by Gasteiger charge is -2.43. The maximum Gasteiger partial charge on any atom is 0.339 e. The van der Waals surface area contributed by atoms with Gasteiger partial charge in [0.05, 0.1) is 0 Å². The van der Waals surface area contributed by atoms with Gasteiger partial charge >= 0.3 is 8.56 Å². The third kappa shape index (κ3) is 7.85. The number of hydrogen-bond donors (Lipinski definition) is 0. The lowest BCUT2D eigenvalue weighted by Crippen LogP contribution is -2.59. The lowest BCUT2D eigenvalue weighted by atomic mass is 10.5. The van der Waals surface area contributed by atoms with E-state index in [1.54, 1.807) is 14.2 Å². The average Bonchev–Trinajstić information content (AvgIpc) is 2.40. The first-order chi connectivity index (χ1) is 10.0. The van der Waals surface area contributed by atoms with Gasteiger partial charge in [0.15, 0.2) is 0 Å². The fourth-order valence-corrected chi connectivity index (χ4v) is 14.8. The van der Waals surface area contributed by atoms with Crippen LogP contribution in [0.25, 0.3) is 0 Å². The number of rotatable bonds is 12. The molecule has 0 aromatic carbocycles. The Bertz CT molecular complexity index is 277. The molecule has 0 aliphatic rings. The fraction of sp³-hybridized carbons (Fsp3) is 1.00. The van der Waals surface area contributed by atoms with E-state index < -0.39 is 25.0 Å². The van der Waals surface area contributed by atoms with E-state index in [1.165, 1.54) is 6.54 Å². The molecule has 22 heavy (non-hydrogen) atoms. The number of nitrogens with zero attached hydrogens (tertiary/aromatic N) is 1. The van der Waals surface area contributed by atoms with Crippen molar-refractivity contribution in [1.29, 1.82) is 0 Å². The summed E-state index contributed by atoms with van der Waals surface area (Å²) in [4.78, 5) is 0. The van der Waals surface area contributed by atoms with Crippen molar-refractivity contribution >= 4 is 25.0 Å². The molecule has 0 atom stereocenters. The van der Waals surface area contributed by atoms with E-state index in [9.17, 15) is 0 Å². The van der Waals surface area contributed by atoms with Crippen LogP contribution in [-0.2, 0) is 13.6 Å². The summed E-state index contributed by atoms with van der Waals surface area (Å²) < 4.78 is 19.9. The van der Waals surface area contributed by atoms with Crippen molar-refractivity contribution in [1.82, 2.24) is 4.23 Å². The first kappa shape index (κ1) is 22.5. The van der Waals surface area contributed by atoms with Crippen molar-refractivity contribution in [2.75, 3.05) is 34.0 Å². The summed E-state index contributed by atoms with van der Waals surface area (Å²) in [6.45, 7) is 19.6. The molecule has 0 N–H and O–H groups in total. The van der Waals surface area contributed by atoms with Gasteiger partial charge in [-0.15, -0.1) is 0 Å². The summed E-state index contributed by atoms with van der Waals surface area (Å²) in [6, 6.07) is 1.89. The number of ether oxygens (including phenoxy) is 1. The number of hydrogen-bond acceptors (Lipinski definition) is 4. The van der Waals surface area contributed by atoms with Crippen molar-refractivity contribution in [3.63, 3.8) is 0 Å². The van der Waals surface area contributed by atoms with E-state index >= 15 is 0 Å². The molecule has 0 amide bonds. The average molecular weight is 366 g/mol. The normalized spacial score (nSPS) is 13.9. The largest absolute Gasteiger partial charge is 0.398 e. The van der Waals surface area contributed by atoms with Crippen LogP contribution in [0.1, 0.15) is 13.3 Å². The second-order valence-corrected chi connectivity index (χ2v) is 21.9. The summed E-state index contributed by atoms with van der Waals surface area (Å²) in [7, 11) is -0.918. The Balaban J connectivity index is 4.12. The van der Waals surface area contributed by atoms with Gasteiger partial charge in [-0.2, -0.15) is 0 Å². The highest BCUT2D eigenvalue weighted by atomic mass is 28.4. The van der Waals surface area contributed by atoms with Crippen molar-refractivity contribution < 1.29 is 13.6 Å². The Morgan fingerprint density at radius 3 is 1.68 bits per heavy atom. The monoisotopic (exact) mass is 365 g/mol. The second kappa shape index (κ2) is 9.71. The molecule has 0 saturated carbocycles. The molecule has 7 heteroatoms. The molecular formula is C15H39NO3Si3. The zero-order valence-corrected chi connectivity index (χ0v) is 19.4. The zero-order chi connectivity index (χ0) is 17.4. The minimum absolute atomic E-state index is 0.752. The molecule has 0 aliphatic carbocycles. The first-order valence-corrected chi connectivity index (χ1v) is 17.6. The van der Waals surface area contributed by atoms with Crippen molar-refractivity contribution in [2.45, 2.75) is 64.7 Å². The molecule has 0 radical (unpaired) electrons. The van der Waals surface area contributed by atoms with Gasteiger partial charge in [-0.25, -0.2) is 0 Å². The van der Waals surface area contributed by atoms with Crippen LogP contribution >= 0.6 is 0 Å². The van der Waals surface area contributed by atoms with Gasteiger partial charge in [0.1, 0.15) is 16.5 Å². The zero-order valence-electron chi connectivity index (χ0n) is 16.4. The molecule has 0 aromatic rings. The van der Waals surface area contributed by atoms with Crippen LogP contribution in [-0.4, -0.2) is 63.2 Å². The summed E-state index contributed by atoms with van der Waals surface area (Å²) in [5.41, 5.74) is 0. The Morgan fingerprint density at radius 2 is 1.32 bits per heavy atom. The smallest absolute Gasteiger partial charge is 0.339 e. The Hall–Kier alpha value is 0.491. The molecule has 0 bridgehead atoms. The molecule has 0 spiro atoms. The topological polar surface area (TPSA) is 30.9 Å². The fourth-order valence-electron chi connectivity index (χ4n) is 3.08. The molecule has 4 nitrogen and oxygen atoms in total. The van der Waals surface area contributed by atoms with Crippen LogP contribution in [0, 0.1) is 0 Å². The Kier molecular flexibility index (Phi) is 9.92. The second-order valence-electron chi connectivity index (χ2n) is 7.88. The third-order valence-electron chi connectivity index (χ3n) is 4.20. The predicted molar refractivity (Wildman–Crippen MR) is 104 cm³/mol. The molecule has 0 rings (SSSR count). The molecule has 134 valence electrons. The maximum absolute atomic E-state index is 5.85. The SMILES string of the molecule is CC[Si](CCOCCCN([Si](C)(C)C)[Si](C)(C)C)(OC)OC. The van der Waals surface area contributed by atoms with Crippen molar-refractivity contribution in [3.8, 4) is 0 Å². The van der Waals surface area contributed by atoms with Crippen LogP contribution < -0.4 is 0 Å². The van der Waals surface area contributed by atoms with Crippen LogP contribution in [0.5, 0.6) is 0 Å². The third-order valence-corrected chi connectivity index (χ3v) is 15.4. The van der Waals surface area contributed by atoms with Gasteiger partial charge in [0.25, 0.3) is 0 Å².